The van der Waals surface area contributed by atoms with Crippen molar-refractivity contribution in [3.63, 3.8) is 0 Å². The van der Waals surface area contributed by atoms with E-state index < -0.39 is 11.9 Å². The summed E-state index contributed by atoms with van der Waals surface area (Å²) in [5.41, 5.74) is 3.68. The zero-order chi connectivity index (χ0) is 9.71. The Morgan fingerprint density at radius 1 is 1.57 bits per heavy atom. The summed E-state index contributed by atoms with van der Waals surface area (Å²) >= 11 is 0. The highest BCUT2D eigenvalue weighted by molar-refractivity contribution is 5.76. The molecule has 0 aromatic carbocycles. The first-order chi connectivity index (χ1) is 6.77. The topological polar surface area (TPSA) is 46.5 Å². The molecule has 0 aromatic heterocycles. The van der Waals surface area contributed by atoms with Crippen LogP contribution in [0, 0.1) is 5.92 Å². The normalized spacial score (nSPS) is 28.1. The van der Waals surface area contributed by atoms with Gasteiger partial charge < -0.3 is 9.84 Å². The summed E-state index contributed by atoms with van der Waals surface area (Å²) in [6.45, 7) is 0.603. The summed E-state index contributed by atoms with van der Waals surface area (Å²) in [4.78, 5) is 11.0. The highest BCUT2D eigenvalue weighted by Crippen LogP contribution is 2.46. The van der Waals surface area contributed by atoms with Gasteiger partial charge in [0.1, 0.15) is 18.3 Å². The van der Waals surface area contributed by atoms with Crippen LogP contribution in [0.5, 0.6) is 0 Å². The Morgan fingerprint density at radius 3 is 3.21 bits per heavy atom. The van der Waals surface area contributed by atoms with Gasteiger partial charge in [0, 0.05) is 5.57 Å². The molecule has 1 aliphatic heterocycles. The van der Waals surface area contributed by atoms with Crippen molar-refractivity contribution < 1.29 is 14.6 Å². The Labute approximate surface area is 81.4 Å². The third-order valence-electron chi connectivity index (χ3n) is 2.96. The van der Waals surface area contributed by atoms with Crippen molar-refractivity contribution >= 4 is 5.97 Å². The molecule has 3 rings (SSSR count). The van der Waals surface area contributed by atoms with Crippen LogP contribution in [0.1, 0.15) is 12.8 Å². The largest absolute Gasteiger partial charge is 0.492 e. The van der Waals surface area contributed by atoms with Gasteiger partial charge in [-0.2, -0.15) is 0 Å². The minimum Gasteiger partial charge on any atom is -0.492 e. The molecule has 3 aliphatic rings. The fourth-order valence-corrected chi connectivity index (χ4v) is 2.10. The van der Waals surface area contributed by atoms with Gasteiger partial charge in [0.05, 0.1) is 0 Å². The molecule has 0 spiro atoms. The zero-order valence-electron chi connectivity index (χ0n) is 7.62. The summed E-state index contributed by atoms with van der Waals surface area (Å²) in [5.74, 6) is -0.576. The third-order valence-corrected chi connectivity index (χ3v) is 2.96. The van der Waals surface area contributed by atoms with E-state index in [-0.39, 0.29) is 0 Å². The Morgan fingerprint density at radius 2 is 2.43 bits per heavy atom. The molecule has 1 heterocycles. The van der Waals surface area contributed by atoms with Crippen molar-refractivity contribution in [2.45, 2.75) is 12.8 Å². The van der Waals surface area contributed by atoms with E-state index in [0.717, 1.165) is 12.0 Å². The van der Waals surface area contributed by atoms with Crippen molar-refractivity contribution in [1.29, 1.82) is 0 Å². The summed E-state index contributed by atoms with van der Waals surface area (Å²) in [5, 5.41) is 9.01. The molecule has 3 nitrogen and oxygen atoms in total. The number of carbonyl (C=O) groups is 1. The number of rotatable bonds is 1. The Bertz CT molecular complexity index is 412. The first-order valence-electron chi connectivity index (χ1n) is 4.75. The maximum atomic E-state index is 11.0. The molecule has 1 unspecified atom stereocenters. The fourth-order valence-electron chi connectivity index (χ4n) is 2.10. The third kappa shape index (κ3) is 0.953. The lowest BCUT2D eigenvalue weighted by molar-refractivity contribution is -0.141. The number of fused-ring (bicyclic) bond motifs is 1. The van der Waals surface area contributed by atoms with E-state index >= 15 is 0 Å². The predicted octanol–water partition coefficient (Wildman–Crippen LogP) is 1.63. The maximum Gasteiger partial charge on any atom is 0.314 e. The van der Waals surface area contributed by atoms with Gasteiger partial charge in [-0.25, -0.2) is 0 Å². The van der Waals surface area contributed by atoms with Crippen LogP contribution in [-0.2, 0) is 9.53 Å². The van der Waals surface area contributed by atoms with Gasteiger partial charge in [0.15, 0.2) is 0 Å². The van der Waals surface area contributed by atoms with Crippen molar-refractivity contribution in [3.8, 4) is 0 Å². The number of hydrogen-bond donors (Lipinski definition) is 1. The number of aliphatic carboxylic acids is 1. The van der Waals surface area contributed by atoms with E-state index in [2.05, 4.69) is 0 Å². The number of hydrogen-bond acceptors (Lipinski definition) is 2. The van der Waals surface area contributed by atoms with Crippen molar-refractivity contribution in [2.75, 3.05) is 6.61 Å². The van der Waals surface area contributed by atoms with Crippen LogP contribution in [0.15, 0.2) is 34.6 Å². The fraction of sp³-hybridized carbons (Fsp3) is 0.364. The van der Waals surface area contributed by atoms with Gasteiger partial charge in [-0.15, -0.1) is 0 Å². The Hall–Kier alpha value is -1.51. The summed E-state index contributed by atoms with van der Waals surface area (Å²) in [7, 11) is 0. The molecule has 0 amide bonds. The number of carboxylic acids is 1. The van der Waals surface area contributed by atoms with Crippen LogP contribution in [0.4, 0.5) is 0 Å². The highest BCUT2D eigenvalue weighted by atomic mass is 16.5. The molecule has 0 saturated heterocycles. The molecule has 1 atom stereocenters. The van der Waals surface area contributed by atoms with Crippen molar-refractivity contribution in [1.82, 2.24) is 0 Å². The quantitative estimate of drug-likeness (QED) is 0.683. The average Bonchev–Trinajstić information content (AvgIpc) is 2.95. The molecule has 0 fully saturated rings. The molecular formula is C11H10O3. The first-order valence-corrected chi connectivity index (χ1v) is 4.75. The van der Waals surface area contributed by atoms with Crippen LogP contribution >= 0.6 is 0 Å². The van der Waals surface area contributed by atoms with E-state index in [1.54, 1.807) is 0 Å². The molecule has 1 N–H and O–H groups in total. The monoisotopic (exact) mass is 190 g/mol. The minimum absolute atomic E-state index is 0.468. The molecule has 0 bridgehead atoms. The second-order valence-corrected chi connectivity index (χ2v) is 3.85. The smallest absolute Gasteiger partial charge is 0.314 e. The van der Waals surface area contributed by atoms with E-state index in [4.69, 9.17) is 9.84 Å². The van der Waals surface area contributed by atoms with Gasteiger partial charge in [0.2, 0.25) is 0 Å². The van der Waals surface area contributed by atoms with E-state index in [1.165, 1.54) is 11.1 Å². The minimum atomic E-state index is -0.786. The second kappa shape index (κ2) is 2.50. The molecule has 0 aromatic rings. The molecular weight excluding hydrogens is 180 g/mol. The van der Waals surface area contributed by atoms with Gasteiger partial charge in [-0.3, -0.25) is 4.79 Å². The highest BCUT2D eigenvalue weighted by Gasteiger charge is 2.37. The zero-order valence-corrected chi connectivity index (χ0v) is 7.62. The lowest BCUT2D eigenvalue weighted by Crippen LogP contribution is -2.22. The molecule has 14 heavy (non-hydrogen) atoms. The predicted molar refractivity (Wildman–Crippen MR) is 49.5 cm³/mol. The van der Waals surface area contributed by atoms with E-state index in [9.17, 15) is 4.79 Å². The molecule has 0 radical (unpaired) electrons. The van der Waals surface area contributed by atoms with Crippen LogP contribution in [0.25, 0.3) is 0 Å². The van der Waals surface area contributed by atoms with Crippen molar-refractivity contribution in [3.05, 3.63) is 34.6 Å². The molecule has 2 aliphatic carbocycles. The van der Waals surface area contributed by atoms with Crippen LogP contribution in [-0.4, -0.2) is 17.7 Å². The van der Waals surface area contributed by atoms with Gasteiger partial charge in [-0.1, -0.05) is 12.2 Å². The molecule has 72 valence electrons. The Balaban J connectivity index is 2.04. The second-order valence-electron chi connectivity index (χ2n) is 3.85. The first kappa shape index (κ1) is 7.85. The lowest BCUT2D eigenvalue weighted by Gasteiger charge is -2.22. The SMILES string of the molecule is O=C(O)C1CC=CC2=C1OCC1=C2C1. The average molecular weight is 190 g/mol. The van der Waals surface area contributed by atoms with Crippen LogP contribution in [0.3, 0.4) is 0 Å². The van der Waals surface area contributed by atoms with Gasteiger partial charge >= 0.3 is 5.97 Å². The number of carboxylic acid groups (broad SMARTS) is 1. The van der Waals surface area contributed by atoms with E-state index in [0.29, 0.717) is 18.8 Å². The van der Waals surface area contributed by atoms with Gasteiger partial charge in [-0.05, 0) is 24.0 Å². The summed E-state index contributed by atoms with van der Waals surface area (Å²) in [6, 6.07) is 0. The van der Waals surface area contributed by atoms with Crippen LogP contribution < -0.4 is 0 Å². The summed E-state index contributed by atoms with van der Waals surface area (Å²) < 4.78 is 5.50. The number of ether oxygens (including phenoxy) is 1. The van der Waals surface area contributed by atoms with E-state index in [1.807, 2.05) is 12.2 Å². The molecule has 3 heteroatoms. The number of allylic oxidation sites excluding steroid dienone is 4. The summed E-state index contributed by atoms with van der Waals surface area (Å²) in [6.07, 6.45) is 5.48. The van der Waals surface area contributed by atoms with Crippen molar-refractivity contribution in [2.24, 2.45) is 5.92 Å². The molecule has 0 saturated carbocycles. The van der Waals surface area contributed by atoms with Crippen LogP contribution in [0.2, 0.25) is 0 Å². The Kier molecular flexibility index (Phi) is 1.40. The standard InChI is InChI=1S/C11H10O3/c12-11(13)8-3-1-2-7-9-4-6(9)5-14-10(7)8/h1-2,8H,3-5H2,(H,12,13). The maximum absolute atomic E-state index is 11.0. The lowest BCUT2D eigenvalue weighted by atomic mass is 9.92. The van der Waals surface area contributed by atoms with Gasteiger partial charge in [0.25, 0.3) is 0 Å².